The molecule has 2 unspecified atom stereocenters. The van der Waals surface area contributed by atoms with Crippen LogP contribution >= 0.6 is 11.6 Å². The van der Waals surface area contributed by atoms with E-state index < -0.39 is 5.82 Å². The molecule has 18 heavy (non-hydrogen) atoms. The van der Waals surface area contributed by atoms with E-state index in [0.29, 0.717) is 12.1 Å². The van der Waals surface area contributed by atoms with Crippen LogP contribution in [0.1, 0.15) is 24.2 Å². The number of nitrogens with one attached hydrogen (secondary N) is 1. The van der Waals surface area contributed by atoms with Gasteiger partial charge in [-0.05, 0) is 32.0 Å². The second-order valence-electron chi connectivity index (χ2n) is 4.61. The predicted molar refractivity (Wildman–Crippen MR) is 69.4 cm³/mol. The molecule has 2 rings (SSSR count). The summed E-state index contributed by atoms with van der Waals surface area (Å²) >= 11 is 5.92. The molecule has 0 saturated carbocycles. The van der Waals surface area contributed by atoms with Gasteiger partial charge in [-0.2, -0.15) is 0 Å². The first-order chi connectivity index (χ1) is 8.50. The lowest BCUT2D eigenvalue weighted by molar-refractivity contribution is 0.0603. The van der Waals surface area contributed by atoms with Crippen molar-refractivity contribution < 1.29 is 9.18 Å². The molecule has 0 radical (unpaired) electrons. The Bertz CT molecular complexity index is 466. The van der Waals surface area contributed by atoms with Crippen LogP contribution < -0.4 is 5.32 Å². The number of carbonyl (C=O) groups excluding carboxylic acids is 1. The zero-order valence-corrected chi connectivity index (χ0v) is 11.2. The van der Waals surface area contributed by atoms with Gasteiger partial charge in [0, 0.05) is 25.2 Å². The first kappa shape index (κ1) is 13.3. The smallest absolute Gasteiger partial charge is 0.255 e. The fraction of sp³-hybridized carbons (Fsp3) is 0.462. The molecule has 1 fully saturated rings. The van der Waals surface area contributed by atoms with Crippen molar-refractivity contribution in [3.05, 3.63) is 34.6 Å². The van der Waals surface area contributed by atoms with Gasteiger partial charge in [-0.1, -0.05) is 11.6 Å². The second-order valence-corrected chi connectivity index (χ2v) is 5.01. The van der Waals surface area contributed by atoms with Crippen LogP contribution in [0.4, 0.5) is 4.39 Å². The minimum Gasteiger partial charge on any atom is -0.333 e. The van der Waals surface area contributed by atoms with E-state index in [9.17, 15) is 9.18 Å². The van der Waals surface area contributed by atoms with Gasteiger partial charge in [0.05, 0.1) is 10.6 Å². The maximum absolute atomic E-state index is 13.0. The van der Waals surface area contributed by atoms with Crippen molar-refractivity contribution in [2.75, 3.05) is 13.1 Å². The molecular weight excluding hydrogens is 255 g/mol. The Hall–Kier alpha value is -1.13. The van der Waals surface area contributed by atoms with Crippen molar-refractivity contribution in [2.24, 2.45) is 0 Å². The average Bonchev–Trinajstić information content (AvgIpc) is 2.32. The molecule has 0 aromatic heterocycles. The van der Waals surface area contributed by atoms with E-state index >= 15 is 0 Å². The van der Waals surface area contributed by atoms with Crippen LogP contribution in [0.5, 0.6) is 0 Å². The Morgan fingerprint density at radius 3 is 2.89 bits per heavy atom. The third-order valence-corrected chi connectivity index (χ3v) is 3.77. The topological polar surface area (TPSA) is 32.3 Å². The summed E-state index contributed by atoms with van der Waals surface area (Å²) in [4.78, 5) is 14.2. The molecule has 1 aliphatic rings. The molecule has 98 valence electrons. The molecule has 1 aromatic rings. The van der Waals surface area contributed by atoms with Gasteiger partial charge in [0.15, 0.2) is 0 Å². The van der Waals surface area contributed by atoms with Gasteiger partial charge in [0.1, 0.15) is 5.82 Å². The Morgan fingerprint density at radius 1 is 1.50 bits per heavy atom. The standard InChI is InChI=1S/C13H16ClFN2O/c1-8-9(2)17(6-5-16-8)13(18)11-4-3-10(15)7-12(11)14/h3-4,7-9,16H,5-6H2,1-2H3. The second kappa shape index (κ2) is 5.24. The van der Waals surface area contributed by atoms with Crippen molar-refractivity contribution in [1.29, 1.82) is 0 Å². The fourth-order valence-electron chi connectivity index (χ4n) is 2.16. The summed E-state index contributed by atoms with van der Waals surface area (Å²) < 4.78 is 13.0. The molecule has 0 spiro atoms. The van der Waals surface area contributed by atoms with E-state index in [1.165, 1.54) is 18.2 Å². The number of hydrogen-bond donors (Lipinski definition) is 1. The van der Waals surface area contributed by atoms with E-state index in [4.69, 9.17) is 11.6 Å². The number of carbonyl (C=O) groups is 1. The van der Waals surface area contributed by atoms with Crippen molar-refractivity contribution in [3.8, 4) is 0 Å². The quantitative estimate of drug-likeness (QED) is 0.849. The van der Waals surface area contributed by atoms with Gasteiger partial charge in [-0.3, -0.25) is 4.79 Å². The van der Waals surface area contributed by atoms with Crippen molar-refractivity contribution in [2.45, 2.75) is 25.9 Å². The molecular formula is C13H16ClFN2O. The van der Waals surface area contributed by atoms with E-state index in [0.717, 1.165) is 6.54 Å². The molecule has 0 bridgehead atoms. The first-order valence-corrected chi connectivity index (χ1v) is 6.38. The van der Waals surface area contributed by atoms with Crippen LogP contribution in [-0.4, -0.2) is 36.0 Å². The SMILES string of the molecule is CC1NCCN(C(=O)c2ccc(F)cc2Cl)C1C. The van der Waals surface area contributed by atoms with Crippen molar-refractivity contribution >= 4 is 17.5 Å². The van der Waals surface area contributed by atoms with Crippen LogP contribution in [0.2, 0.25) is 5.02 Å². The molecule has 1 heterocycles. The minimum atomic E-state index is -0.432. The lowest BCUT2D eigenvalue weighted by Crippen LogP contribution is -2.57. The Morgan fingerprint density at radius 2 is 2.22 bits per heavy atom. The van der Waals surface area contributed by atoms with Crippen molar-refractivity contribution in [1.82, 2.24) is 10.2 Å². The van der Waals surface area contributed by atoms with Crippen LogP contribution in [-0.2, 0) is 0 Å². The fourth-order valence-corrected chi connectivity index (χ4v) is 2.41. The summed E-state index contributed by atoms with van der Waals surface area (Å²) in [5.74, 6) is -0.570. The van der Waals surface area contributed by atoms with Gasteiger partial charge < -0.3 is 10.2 Å². The molecule has 1 saturated heterocycles. The van der Waals surface area contributed by atoms with Gasteiger partial charge in [-0.15, -0.1) is 0 Å². The monoisotopic (exact) mass is 270 g/mol. The van der Waals surface area contributed by atoms with Crippen LogP contribution in [0.15, 0.2) is 18.2 Å². The predicted octanol–water partition coefficient (Wildman–Crippen LogP) is 2.30. The molecule has 3 nitrogen and oxygen atoms in total. The lowest BCUT2D eigenvalue weighted by Gasteiger charge is -2.38. The van der Waals surface area contributed by atoms with Crippen molar-refractivity contribution in [3.63, 3.8) is 0 Å². The van der Waals surface area contributed by atoms with E-state index in [1.54, 1.807) is 4.90 Å². The third-order valence-electron chi connectivity index (χ3n) is 3.46. The summed E-state index contributed by atoms with van der Waals surface area (Å²) in [5, 5.41) is 3.47. The number of benzene rings is 1. The highest BCUT2D eigenvalue weighted by molar-refractivity contribution is 6.33. The minimum absolute atomic E-state index is 0.0902. The van der Waals surface area contributed by atoms with E-state index in [1.807, 2.05) is 13.8 Å². The van der Waals surface area contributed by atoms with Crippen LogP contribution in [0.25, 0.3) is 0 Å². The van der Waals surface area contributed by atoms with Gasteiger partial charge >= 0.3 is 0 Å². The molecule has 1 aromatic carbocycles. The Kier molecular flexibility index (Phi) is 3.88. The normalized spacial score (nSPS) is 24.1. The molecule has 5 heteroatoms. The highest BCUT2D eigenvalue weighted by atomic mass is 35.5. The summed E-state index contributed by atoms with van der Waals surface area (Å²) in [6.07, 6.45) is 0. The number of halogens is 2. The average molecular weight is 271 g/mol. The number of piperazine rings is 1. The van der Waals surface area contributed by atoms with E-state index in [2.05, 4.69) is 5.32 Å². The molecule has 0 aliphatic carbocycles. The molecule has 2 atom stereocenters. The van der Waals surface area contributed by atoms with Gasteiger partial charge in [-0.25, -0.2) is 4.39 Å². The zero-order valence-electron chi connectivity index (χ0n) is 10.4. The van der Waals surface area contributed by atoms with Crippen LogP contribution in [0, 0.1) is 5.82 Å². The maximum atomic E-state index is 13.0. The molecule has 1 N–H and O–H groups in total. The lowest BCUT2D eigenvalue weighted by atomic mass is 10.1. The largest absolute Gasteiger partial charge is 0.333 e. The first-order valence-electron chi connectivity index (χ1n) is 6.00. The highest BCUT2D eigenvalue weighted by Gasteiger charge is 2.29. The summed E-state index contributed by atoms with van der Waals surface area (Å²) in [7, 11) is 0. The molecule has 1 aliphatic heterocycles. The summed E-state index contributed by atoms with van der Waals surface area (Å²) in [6, 6.07) is 4.20. The third kappa shape index (κ3) is 2.49. The molecule has 1 amide bonds. The Balaban J connectivity index is 2.25. The van der Waals surface area contributed by atoms with Gasteiger partial charge in [0.2, 0.25) is 0 Å². The van der Waals surface area contributed by atoms with Gasteiger partial charge in [0.25, 0.3) is 5.91 Å². The number of nitrogens with zero attached hydrogens (tertiary/aromatic N) is 1. The number of hydrogen-bond acceptors (Lipinski definition) is 2. The number of amides is 1. The summed E-state index contributed by atoms with van der Waals surface area (Å²) in [6.45, 7) is 5.43. The van der Waals surface area contributed by atoms with E-state index in [-0.39, 0.29) is 23.0 Å². The Labute approximate surface area is 111 Å². The maximum Gasteiger partial charge on any atom is 0.255 e. The highest BCUT2D eigenvalue weighted by Crippen LogP contribution is 2.21. The van der Waals surface area contributed by atoms with Crippen LogP contribution in [0.3, 0.4) is 0 Å². The summed E-state index contributed by atoms with van der Waals surface area (Å²) in [5.41, 5.74) is 0.360. The zero-order chi connectivity index (χ0) is 13.3. The number of rotatable bonds is 1.